The van der Waals surface area contributed by atoms with Crippen molar-refractivity contribution in [3.8, 4) is 0 Å². The Labute approximate surface area is 193 Å². The first-order valence-corrected chi connectivity index (χ1v) is 13.0. The number of nitrogens with zero attached hydrogens (tertiary/aromatic N) is 3. The van der Waals surface area contributed by atoms with Crippen LogP contribution >= 0.6 is 0 Å². The Balaban J connectivity index is 1.28. The third-order valence-corrected chi connectivity index (χ3v) is 9.10. The van der Waals surface area contributed by atoms with Gasteiger partial charge in [0.2, 0.25) is 15.9 Å². The minimum absolute atomic E-state index is 0.0283. The third kappa shape index (κ3) is 4.04. The molecule has 0 spiro atoms. The molecule has 0 unspecified atom stereocenters. The van der Waals surface area contributed by atoms with Gasteiger partial charge in [0.15, 0.2) is 0 Å². The molecule has 0 aromatic heterocycles. The summed E-state index contributed by atoms with van der Waals surface area (Å²) in [6.07, 6.45) is 5.73. The molecule has 33 heavy (non-hydrogen) atoms. The summed E-state index contributed by atoms with van der Waals surface area (Å²) in [6, 6.07) is 10.1. The van der Waals surface area contributed by atoms with Crippen LogP contribution < -0.4 is 4.90 Å². The number of nitro groups is 1. The second-order valence-corrected chi connectivity index (χ2v) is 11.1. The van der Waals surface area contributed by atoms with E-state index in [1.54, 1.807) is 17.0 Å². The number of benzene rings is 2. The number of hydrogen-bond donors (Lipinski definition) is 0. The van der Waals surface area contributed by atoms with E-state index in [1.807, 2.05) is 12.1 Å². The number of hydrogen-bond acceptors (Lipinski definition) is 5. The Morgan fingerprint density at radius 3 is 2.33 bits per heavy atom. The number of piperidine rings is 1. The minimum Gasteiger partial charge on any atom is -0.311 e. The van der Waals surface area contributed by atoms with Gasteiger partial charge < -0.3 is 4.90 Å². The normalized spacial score (nSPS) is 19.2. The number of sulfonamides is 1. The molecule has 9 heteroatoms. The summed E-state index contributed by atoms with van der Waals surface area (Å²) >= 11 is 0. The summed E-state index contributed by atoms with van der Waals surface area (Å²) in [4.78, 5) is 25.9. The van der Waals surface area contributed by atoms with Crippen LogP contribution in [-0.2, 0) is 34.1 Å². The predicted molar refractivity (Wildman–Crippen MR) is 124 cm³/mol. The molecule has 1 fully saturated rings. The first kappa shape index (κ1) is 22.0. The minimum atomic E-state index is -3.59. The molecular weight excluding hydrogens is 442 g/mol. The highest BCUT2D eigenvalue weighted by atomic mass is 32.2. The lowest BCUT2D eigenvalue weighted by molar-refractivity contribution is -0.384. The summed E-state index contributed by atoms with van der Waals surface area (Å²) in [5.74, 6) is -0.356. The largest absolute Gasteiger partial charge is 0.311 e. The lowest BCUT2D eigenvalue weighted by Crippen LogP contribution is -2.44. The molecule has 0 atom stereocenters. The van der Waals surface area contributed by atoms with E-state index in [-0.39, 0.29) is 17.5 Å². The standard InChI is InChI=1S/C24H27N3O5S/c28-24(26-14-11-18-5-7-21(27(29)30)16-23(18)26)19-9-12-25(13-10-19)33(31,32)22-8-6-17-3-1-2-4-20(17)15-22/h5-8,15-16,19H,1-4,9-14H2. The van der Waals surface area contributed by atoms with Crippen LogP contribution in [0.15, 0.2) is 41.3 Å². The van der Waals surface area contributed by atoms with Gasteiger partial charge in [-0.2, -0.15) is 4.31 Å². The van der Waals surface area contributed by atoms with E-state index >= 15 is 0 Å². The molecule has 174 valence electrons. The zero-order valence-electron chi connectivity index (χ0n) is 18.4. The van der Waals surface area contributed by atoms with Gasteiger partial charge in [-0.25, -0.2) is 8.42 Å². The first-order valence-electron chi connectivity index (χ1n) is 11.6. The number of anilines is 1. The summed E-state index contributed by atoms with van der Waals surface area (Å²) in [5.41, 5.74) is 3.89. The van der Waals surface area contributed by atoms with Crippen molar-refractivity contribution in [1.29, 1.82) is 0 Å². The van der Waals surface area contributed by atoms with E-state index in [1.165, 1.54) is 22.0 Å². The van der Waals surface area contributed by atoms with Gasteiger partial charge in [-0.1, -0.05) is 12.1 Å². The quantitative estimate of drug-likeness (QED) is 0.504. The lowest BCUT2D eigenvalue weighted by atomic mass is 9.92. The third-order valence-electron chi connectivity index (χ3n) is 7.20. The van der Waals surface area contributed by atoms with Crippen molar-refractivity contribution in [2.45, 2.75) is 49.8 Å². The Morgan fingerprint density at radius 1 is 0.909 bits per heavy atom. The van der Waals surface area contributed by atoms with Crippen LogP contribution in [0, 0.1) is 16.0 Å². The molecule has 0 radical (unpaired) electrons. The van der Waals surface area contributed by atoms with Crippen molar-refractivity contribution in [3.63, 3.8) is 0 Å². The first-order chi connectivity index (χ1) is 15.8. The maximum atomic E-state index is 13.2. The number of amides is 1. The van der Waals surface area contributed by atoms with Crippen LogP contribution in [0.25, 0.3) is 0 Å². The molecule has 2 aromatic rings. The molecule has 0 N–H and O–H groups in total. The van der Waals surface area contributed by atoms with Gasteiger partial charge in [-0.15, -0.1) is 0 Å². The van der Waals surface area contributed by atoms with Crippen LogP contribution in [0.1, 0.15) is 42.4 Å². The monoisotopic (exact) mass is 469 g/mol. The fourth-order valence-corrected chi connectivity index (χ4v) is 6.81. The number of non-ortho nitro benzene ring substituents is 1. The second-order valence-electron chi connectivity index (χ2n) is 9.13. The average Bonchev–Trinajstić information content (AvgIpc) is 3.26. The molecule has 2 aliphatic heterocycles. The van der Waals surface area contributed by atoms with Gasteiger partial charge in [-0.3, -0.25) is 14.9 Å². The topological polar surface area (TPSA) is 101 Å². The van der Waals surface area contributed by atoms with E-state index in [0.29, 0.717) is 49.5 Å². The van der Waals surface area contributed by atoms with Gasteiger partial charge in [0.05, 0.1) is 15.5 Å². The number of nitro benzene ring substituents is 1. The van der Waals surface area contributed by atoms with Crippen LogP contribution in [0.3, 0.4) is 0 Å². The van der Waals surface area contributed by atoms with E-state index in [0.717, 1.165) is 36.8 Å². The molecule has 1 amide bonds. The number of carbonyl (C=O) groups is 1. The maximum Gasteiger partial charge on any atom is 0.271 e. The van der Waals surface area contributed by atoms with Gasteiger partial charge in [0, 0.05) is 37.7 Å². The molecule has 8 nitrogen and oxygen atoms in total. The molecule has 0 saturated carbocycles. The molecule has 5 rings (SSSR count). The Kier molecular flexibility index (Phi) is 5.70. The molecular formula is C24H27N3O5S. The highest BCUT2D eigenvalue weighted by molar-refractivity contribution is 7.89. The zero-order valence-corrected chi connectivity index (χ0v) is 19.2. The second kappa shape index (κ2) is 8.53. The molecule has 2 heterocycles. The van der Waals surface area contributed by atoms with Gasteiger partial charge in [0.25, 0.3) is 5.69 Å². The Morgan fingerprint density at radius 2 is 1.61 bits per heavy atom. The number of aryl methyl sites for hydroxylation is 2. The van der Waals surface area contributed by atoms with Crippen LogP contribution in [0.4, 0.5) is 11.4 Å². The predicted octanol–water partition coefficient (Wildman–Crippen LogP) is 3.46. The van der Waals surface area contributed by atoms with Crippen LogP contribution in [0.5, 0.6) is 0 Å². The van der Waals surface area contributed by atoms with E-state index in [9.17, 15) is 23.3 Å². The van der Waals surface area contributed by atoms with Crippen molar-refractivity contribution >= 4 is 27.3 Å². The van der Waals surface area contributed by atoms with Crippen molar-refractivity contribution in [3.05, 3.63) is 63.2 Å². The maximum absolute atomic E-state index is 13.2. The summed E-state index contributed by atoms with van der Waals surface area (Å²) in [6.45, 7) is 1.10. The van der Waals surface area contributed by atoms with E-state index in [2.05, 4.69) is 0 Å². The fraction of sp³-hybridized carbons (Fsp3) is 0.458. The van der Waals surface area contributed by atoms with Crippen LogP contribution in [-0.4, -0.2) is 43.2 Å². The molecule has 0 bridgehead atoms. The SMILES string of the molecule is O=C(C1CCN(S(=O)(=O)c2ccc3c(c2)CCCC3)CC1)N1CCc2ccc([N+](=O)[O-])cc21. The van der Waals surface area contributed by atoms with Crippen molar-refractivity contribution in [1.82, 2.24) is 4.31 Å². The highest BCUT2D eigenvalue weighted by Gasteiger charge is 2.36. The highest BCUT2D eigenvalue weighted by Crippen LogP contribution is 2.35. The number of rotatable bonds is 4. The van der Waals surface area contributed by atoms with Gasteiger partial charge in [0.1, 0.15) is 0 Å². The Hall–Kier alpha value is -2.78. The van der Waals surface area contributed by atoms with E-state index < -0.39 is 14.9 Å². The molecule has 2 aromatic carbocycles. The number of carbonyl (C=O) groups excluding carboxylic acids is 1. The Bertz CT molecular complexity index is 1220. The fourth-order valence-electron chi connectivity index (χ4n) is 5.29. The lowest BCUT2D eigenvalue weighted by Gasteiger charge is -2.32. The molecule has 1 aliphatic carbocycles. The van der Waals surface area contributed by atoms with E-state index in [4.69, 9.17) is 0 Å². The smallest absolute Gasteiger partial charge is 0.271 e. The summed E-state index contributed by atoms with van der Waals surface area (Å²) in [5, 5.41) is 11.1. The van der Waals surface area contributed by atoms with Crippen molar-refractivity contribution in [2.75, 3.05) is 24.5 Å². The summed E-state index contributed by atoms with van der Waals surface area (Å²) in [7, 11) is -3.59. The molecule has 1 saturated heterocycles. The van der Waals surface area contributed by atoms with Crippen molar-refractivity contribution < 1.29 is 18.1 Å². The summed E-state index contributed by atoms with van der Waals surface area (Å²) < 4.78 is 28.0. The number of fused-ring (bicyclic) bond motifs is 2. The van der Waals surface area contributed by atoms with Crippen LogP contribution in [0.2, 0.25) is 0 Å². The zero-order chi connectivity index (χ0) is 23.2. The average molecular weight is 470 g/mol. The molecule has 3 aliphatic rings. The van der Waals surface area contributed by atoms with Gasteiger partial charge >= 0.3 is 0 Å². The van der Waals surface area contributed by atoms with Crippen molar-refractivity contribution in [2.24, 2.45) is 5.92 Å². The van der Waals surface area contributed by atoms with Gasteiger partial charge in [-0.05, 0) is 73.8 Å².